The number of nitrogens with zero attached hydrogens (tertiary/aromatic N) is 2. The molecule has 0 saturated carbocycles. The highest BCUT2D eigenvalue weighted by Gasteiger charge is 2.10. The fraction of sp³-hybridized carbons (Fsp3) is 0. The Morgan fingerprint density at radius 1 is 0.818 bits per heavy atom. The lowest BCUT2D eigenvalue weighted by atomic mass is 10.1. The van der Waals surface area contributed by atoms with E-state index in [9.17, 15) is 0 Å². The molecular formula is C18H13N3S. The Labute approximate surface area is 132 Å². The third kappa shape index (κ3) is 2.14. The van der Waals surface area contributed by atoms with E-state index in [0.29, 0.717) is 4.77 Å². The molecular weight excluding hydrogens is 290 g/mol. The first kappa shape index (κ1) is 13.0. The first-order valence-electron chi connectivity index (χ1n) is 7.05. The van der Waals surface area contributed by atoms with Gasteiger partial charge in [0.1, 0.15) is 0 Å². The molecule has 3 aromatic carbocycles. The van der Waals surface area contributed by atoms with Crippen LogP contribution in [0.4, 0.5) is 0 Å². The van der Waals surface area contributed by atoms with E-state index >= 15 is 0 Å². The van der Waals surface area contributed by atoms with Crippen molar-refractivity contribution in [1.29, 1.82) is 0 Å². The molecule has 1 aromatic heterocycles. The topological polar surface area (TPSA) is 33.6 Å². The predicted molar refractivity (Wildman–Crippen MR) is 91.7 cm³/mol. The Balaban J connectivity index is 1.94. The molecule has 0 bridgehead atoms. The van der Waals surface area contributed by atoms with Gasteiger partial charge in [-0.25, -0.2) is 0 Å². The third-order valence-corrected chi connectivity index (χ3v) is 3.97. The summed E-state index contributed by atoms with van der Waals surface area (Å²) in [5, 5.41) is 9.72. The van der Waals surface area contributed by atoms with Crippen molar-refractivity contribution < 1.29 is 0 Å². The van der Waals surface area contributed by atoms with Crippen molar-refractivity contribution in [1.82, 2.24) is 14.8 Å². The van der Waals surface area contributed by atoms with E-state index in [2.05, 4.69) is 40.5 Å². The van der Waals surface area contributed by atoms with Crippen molar-refractivity contribution in [2.24, 2.45) is 0 Å². The Bertz CT molecular complexity index is 999. The lowest BCUT2D eigenvalue weighted by Gasteiger charge is -2.07. The summed E-state index contributed by atoms with van der Waals surface area (Å²) in [5.41, 5.74) is 2.04. The van der Waals surface area contributed by atoms with Crippen molar-refractivity contribution in [3.05, 3.63) is 77.6 Å². The van der Waals surface area contributed by atoms with Crippen LogP contribution >= 0.6 is 12.2 Å². The van der Waals surface area contributed by atoms with Gasteiger partial charge in [0, 0.05) is 11.3 Å². The second kappa shape index (κ2) is 5.24. The number of para-hydroxylation sites is 1. The zero-order chi connectivity index (χ0) is 14.9. The highest BCUT2D eigenvalue weighted by atomic mass is 32.1. The molecule has 0 fully saturated rings. The second-order valence-electron chi connectivity index (χ2n) is 5.09. The highest BCUT2D eigenvalue weighted by molar-refractivity contribution is 7.71. The molecule has 0 aliphatic rings. The quantitative estimate of drug-likeness (QED) is 0.542. The van der Waals surface area contributed by atoms with Crippen LogP contribution in [0.15, 0.2) is 72.8 Å². The first-order chi connectivity index (χ1) is 10.8. The van der Waals surface area contributed by atoms with Gasteiger partial charge in [0.05, 0.1) is 0 Å². The Morgan fingerprint density at radius 2 is 1.55 bits per heavy atom. The normalized spacial score (nSPS) is 10.9. The van der Waals surface area contributed by atoms with Crippen LogP contribution in [0.25, 0.3) is 27.8 Å². The van der Waals surface area contributed by atoms with Crippen LogP contribution < -0.4 is 0 Å². The second-order valence-corrected chi connectivity index (χ2v) is 5.47. The van der Waals surface area contributed by atoms with Crippen molar-refractivity contribution in [3.8, 4) is 17.1 Å². The summed E-state index contributed by atoms with van der Waals surface area (Å²) in [6, 6.07) is 24.6. The number of hydrogen-bond donors (Lipinski definition) is 1. The van der Waals surface area contributed by atoms with Gasteiger partial charge >= 0.3 is 0 Å². The number of aromatic amines is 1. The van der Waals surface area contributed by atoms with Gasteiger partial charge in [-0.3, -0.25) is 9.67 Å². The molecule has 0 saturated heterocycles. The fourth-order valence-corrected chi connectivity index (χ4v) is 2.87. The van der Waals surface area contributed by atoms with Gasteiger partial charge < -0.3 is 0 Å². The minimum Gasteiger partial charge on any atom is -0.268 e. The summed E-state index contributed by atoms with van der Waals surface area (Å²) >= 11 is 5.40. The van der Waals surface area contributed by atoms with Gasteiger partial charge in [0.2, 0.25) is 0 Å². The average molecular weight is 303 g/mol. The maximum atomic E-state index is 5.40. The van der Waals surface area contributed by atoms with Crippen LogP contribution in [0.2, 0.25) is 0 Å². The minimum atomic E-state index is 0.592. The van der Waals surface area contributed by atoms with Gasteiger partial charge in [0.25, 0.3) is 0 Å². The molecule has 0 atom stereocenters. The maximum absolute atomic E-state index is 5.40. The largest absolute Gasteiger partial charge is 0.268 e. The molecule has 0 aliphatic heterocycles. The zero-order valence-electron chi connectivity index (χ0n) is 11.7. The van der Waals surface area contributed by atoms with Gasteiger partial charge in [-0.2, -0.15) is 5.10 Å². The minimum absolute atomic E-state index is 0.592. The maximum Gasteiger partial charge on any atom is 0.200 e. The summed E-state index contributed by atoms with van der Waals surface area (Å²) in [6.45, 7) is 0. The molecule has 0 aliphatic carbocycles. The van der Waals surface area contributed by atoms with E-state index in [4.69, 9.17) is 12.2 Å². The number of benzene rings is 3. The SMILES string of the molecule is S=c1[nH]nc(-c2ccc3ccccc3c2)n1-c1ccccc1. The highest BCUT2D eigenvalue weighted by Crippen LogP contribution is 2.25. The summed E-state index contributed by atoms with van der Waals surface area (Å²) in [7, 11) is 0. The number of aromatic nitrogens is 3. The zero-order valence-corrected chi connectivity index (χ0v) is 12.5. The van der Waals surface area contributed by atoms with Crippen LogP contribution in [-0.2, 0) is 0 Å². The van der Waals surface area contributed by atoms with E-state index in [1.807, 2.05) is 47.0 Å². The molecule has 0 spiro atoms. The van der Waals surface area contributed by atoms with Crippen LogP contribution in [0, 0.1) is 4.77 Å². The van der Waals surface area contributed by atoms with Gasteiger partial charge in [0.15, 0.2) is 10.6 Å². The van der Waals surface area contributed by atoms with Crippen LogP contribution in [0.3, 0.4) is 0 Å². The molecule has 0 unspecified atom stereocenters. The summed E-state index contributed by atoms with van der Waals surface area (Å²) in [6.07, 6.45) is 0. The van der Waals surface area contributed by atoms with Crippen molar-refractivity contribution in [2.45, 2.75) is 0 Å². The van der Waals surface area contributed by atoms with Crippen molar-refractivity contribution >= 4 is 23.0 Å². The van der Waals surface area contributed by atoms with E-state index in [1.54, 1.807) is 0 Å². The summed E-state index contributed by atoms with van der Waals surface area (Å²) < 4.78 is 2.55. The lowest BCUT2D eigenvalue weighted by molar-refractivity contribution is 1.04. The monoisotopic (exact) mass is 303 g/mol. The third-order valence-electron chi connectivity index (χ3n) is 3.69. The first-order valence-corrected chi connectivity index (χ1v) is 7.46. The number of nitrogens with one attached hydrogen (secondary N) is 1. The molecule has 1 N–H and O–H groups in total. The number of hydrogen-bond acceptors (Lipinski definition) is 2. The Hall–Kier alpha value is -2.72. The van der Waals surface area contributed by atoms with Crippen molar-refractivity contribution in [3.63, 3.8) is 0 Å². The number of fused-ring (bicyclic) bond motifs is 1. The van der Waals surface area contributed by atoms with E-state index in [-0.39, 0.29) is 0 Å². The molecule has 106 valence electrons. The molecule has 0 amide bonds. The molecule has 4 aromatic rings. The molecule has 3 nitrogen and oxygen atoms in total. The van der Waals surface area contributed by atoms with Crippen LogP contribution in [0.5, 0.6) is 0 Å². The van der Waals surface area contributed by atoms with Crippen LogP contribution in [-0.4, -0.2) is 14.8 Å². The molecule has 4 heteroatoms. The van der Waals surface area contributed by atoms with Gasteiger partial charge in [-0.1, -0.05) is 54.6 Å². The van der Waals surface area contributed by atoms with Gasteiger partial charge in [-0.05, 0) is 41.2 Å². The van der Waals surface area contributed by atoms with E-state index in [1.165, 1.54) is 10.8 Å². The molecule has 1 heterocycles. The van der Waals surface area contributed by atoms with Gasteiger partial charge in [-0.15, -0.1) is 0 Å². The molecule has 0 radical (unpaired) electrons. The summed E-state index contributed by atoms with van der Waals surface area (Å²) in [5.74, 6) is 0.821. The molecule has 4 rings (SSSR count). The fourth-order valence-electron chi connectivity index (χ4n) is 2.64. The number of H-pyrrole nitrogens is 1. The lowest BCUT2D eigenvalue weighted by Crippen LogP contribution is -1.97. The summed E-state index contributed by atoms with van der Waals surface area (Å²) in [4.78, 5) is 0. The average Bonchev–Trinajstić information content (AvgIpc) is 2.97. The molecule has 22 heavy (non-hydrogen) atoms. The van der Waals surface area contributed by atoms with E-state index in [0.717, 1.165) is 17.1 Å². The Morgan fingerprint density at radius 3 is 2.36 bits per heavy atom. The Kier molecular flexibility index (Phi) is 3.09. The number of rotatable bonds is 2. The van der Waals surface area contributed by atoms with Crippen molar-refractivity contribution in [2.75, 3.05) is 0 Å². The predicted octanol–water partition coefficient (Wildman–Crippen LogP) is 4.75. The van der Waals surface area contributed by atoms with E-state index < -0.39 is 0 Å². The van der Waals surface area contributed by atoms with Crippen LogP contribution in [0.1, 0.15) is 0 Å². The smallest absolute Gasteiger partial charge is 0.200 e. The standard InChI is InChI=1S/C18H13N3S/c22-18-20-19-17(21(18)16-8-2-1-3-9-16)15-11-10-13-6-4-5-7-14(13)12-15/h1-12H,(H,20,22).